The van der Waals surface area contributed by atoms with E-state index >= 15 is 0 Å². The summed E-state index contributed by atoms with van der Waals surface area (Å²) < 4.78 is 1.91. The molecule has 6 nitrogen and oxygen atoms in total. The van der Waals surface area contributed by atoms with Crippen LogP contribution < -0.4 is 5.32 Å². The molecule has 1 aromatic rings. The average Bonchev–Trinajstić information content (AvgIpc) is 3.12. The van der Waals surface area contributed by atoms with Crippen molar-refractivity contribution in [2.75, 3.05) is 6.54 Å². The fourth-order valence-corrected chi connectivity index (χ4v) is 3.77. The molecule has 126 valence electrons. The highest BCUT2D eigenvalue weighted by molar-refractivity contribution is 5.78. The lowest BCUT2D eigenvalue weighted by atomic mass is 9.97. The van der Waals surface area contributed by atoms with E-state index in [1.807, 2.05) is 11.6 Å². The first-order valence-corrected chi connectivity index (χ1v) is 8.60. The topological polar surface area (TPSA) is 80.0 Å². The van der Waals surface area contributed by atoms with E-state index in [9.17, 15) is 9.90 Å². The zero-order valence-corrected chi connectivity index (χ0v) is 13.7. The number of nitrogens with one attached hydrogen (secondary N) is 1. The van der Waals surface area contributed by atoms with Gasteiger partial charge in [0.05, 0.1) is 6.10 Å². The van der Waals surface area contributed by atoms with Crippen molar-refractivity contribution in [1.82, 2.24) is 20.1 Å². The lowest BCUT2D eigenvalue weighted by Gasteiger charge is -2.16. The molecule has 0 saturated heterocycles. The Morgan fingerprint density at radius 1 is 1.43 bits per heavy atom. The summed E-state index contributed by atoms with van der Waals surface area (Å²) in [5, 5.41) is 21.3. The van der Waals surface area contributed by atoms with Crippen molar-refractivity contribution in [3.05, 3.63) is 23.8 Å². The molecule has 0 radical (unpaired) electrons. The van der Waals surface area contributed by atoms with E-state index in [4.69, 9.17) is 0 Å². The number of aromatic nitrogens is 3. The van der Waals surface area contributed by atoms with Crippen LogP contribution in [-0.2, 0) is 11.8 Å². The number of carbonyl (C=O) groups is 1. The number of allylic oxidation sites excluding steroid dienone is 1. The van der Waals surface area contributed by atoms with Crippen LogP contribution >= 0.6 is 0 Å². The number of nitrogens with zero attached hydrogens (tertiary/aromatic N) is 3. The van der Waals surface area contributed by atoms with E-state index in [-0.39, 0.29) is 23.8 Å². The Labute approximate surface area is 137 Å². The largest absolute Gasteiger partial charge is 0.393 e. The number of hydrogen-bond acceptors (Lipinski definition) is 4. The van der Waals surface area contributed by atoms with Crippen LogP contribution in [0.25, 0.3) is 0 Å². The van der Waals surface area contributed by atoms with Crippen LogP contribution in [0.1, 0.15) is 56.7 Å². The summed E-state index contributed by atoms with van der Waals surface area (Å²) in [4.78, 5) is 12.1. The summed E-state index contributed by atoms with van der Waals surface area (Å²) in [5.74, 6) is 1.32. The van der Waals surface area contributed by atoms with Crippen LogP contribution in [0, 0.1) is 5.92 Å². The van der Waals surface area contributed by atoms with Crippen LogP contribution in [-0.4, -0.2) is 38.4 Å². The van der Waals surface area contributed by atoms with E-state index < -0.39 is 0 Å². The van der Waals surface area contributed by atoms with Crippen LogP contribution in [0.4, 0.5) is 0 Å². The van der Waals surface area contributed by atoms with Gasteiger partial charge in [0.15, 0.2) is 0 Å². The molecule has 0 unspecified atom stereocenters. The normalized spacial score (nSPS) is 27.7. The second-order valence-corrected chi connectivity index (χ2v) is 6.88. The first-order chi connectivity index (χ1) is 11.1. The maximum absolute atomic E-state index is 12.1. The van der Waals surface area contributed by atoms with Crippen molar-refractivity contribution in [3.8, 4) is 0 Å². The third-order valence-corrected chi connectivity index (χ3v) is 5.10. The Morgan fingerprint density at radius 3 is 3.00 bits per heavy atom. The van der Waals surface area contributed by atoms with Crippen molar-refractivity contribution in [2.45, 2.75) is 57.0 Å². The highest BCUT2D eigenvalue weighted by Gasteiger charge is 2.35. The summed E-state index contributed by atoms with van der Waals surface area (Å²) in [6, 6.07) is 0. The fourth-order valence-electron chi connectivity index (χ4n) is 3.77. The molecule has 1 heterocycles. The number of amides is 1. The van der Waals surface area contributed by atoms with E-state index in [0.717, 1.165) is 25.1 Å². The summed E-state index contributed by atoms with van der Waals surface area (Å²) >= 11 is 0. The Hall–Kier alpha value is -1.69. The molecule has 1 amide bonds. The first-order valence-electron chi connectivity index (χ1n) is 8.60. The minimum atomic E-state index is -0.383. The van der Waals surface area contributed by atoms with Gasteiger partial charge in [0.2, 0.25) is 5.91 Å². The number of hydrogen-bond donors (Lipinski definition) is 2. The highest BCUT2D eigenvalue weighted by Crippen LogP contribution is 2.37. The average molecular weight is 318 g/mol. The zero-order valence-electron chi connectivity index (χ0n) is 13.7. The van der Waals surface area contributed by atoms with E-state index in [1.165, 1.54) is 18.4 Å². The predicted octanol–water partition coefficient (Wildman–Crippen LogP) is 1.68. The Morgan fingerprint density at radius 2 is 2.30 bits per heavy atom. The molecular weight excluding hydrogens is 292 g/mol. The second-order valence-electron chi connectivity index (χ2n) is 6.88. The van der Waals surface area contributed by atoms with Gasteiger partial charge in [-0.2, -0.15) is 0 Å². The highest BCUT2D eigenvalue weighted by atomic mass is 16.3. The third-order valence-electron chi connectivity index (χ3n) is 5.10. The second kappa shape index (κ2) is 7.25. The monoisotopic (exact) mass is 318 g/mol. The van der Waals surface area contributed by atoms with Gasteiger partial charge in [-0.15, -0.1) is 10.2 Å². The van der Waals surface area contributed by atoms with Gasteiger partial charge in [0.1, 0.15) is 12.2 Å². The molecule has 0 aliphatic heterocycles. The van der Waals surface area contributed by atoms with Gasteiger partial charge in [0.25, 0.3) is 0 Å². The van der Waals surface area contributed by atoms with Gasteiger partial charge in [-0.25, -0.2) is 0 Å². The Kier molecular flexibility index (Phi) is 5.10. The molecule has 1 aromatic heterocycles. The van der Waals surface area contributed by atoms with Crippen molar-refractivity contribution in [1.29, 1.82) is 0 Å². The molecule has 0 spiro atoms. The van der Waals surface area contributed by atoms with Gasteiger partial charge in [0, 0.05) is 31.8 Å². The van der Waals surface area contributed by atoms with Crippen LogP contribution in [0.5, 0.6) is 0 Å². The molecule has 1 saturated carbocycles. The number of aliphatic hydroxyl groups excluding tert-OH is 1. The van der Waals surface area contributed by atoms with Gasteiger partial charge < -0.3 is 15.0 Å². The molecular formula is C17H26N4O2. The smallest absolute Gasteiger partial charge is 0.224 e. The van der Waals surface area contributed by atoms with Crippen LogP contribution in [0.2, 0.25) is 0 Å². The number of carbonyl (C=O) groups excluding carboxylic acids is 1. The van der Waals surface area contributed by atoms with Gasteiger partial charge in [-0.05, 0) is 38.5 Å². The molecule has 3 rings (SSSR count). The molecule has 23 heavy (non-hydrogen) atoms. The van der Waals surface area contributed by atoms with Gasteiger partial charge in [-0.3, -0.25) is 4.79 Å². The Balaban J connectivity index is 1.47. The number of aryl methyl sites for hydroxylation is 1. The molecule has 6 heteroatoms. The van der Waals surface area contributed by atoms with Crippen molar-refractivity contribution >= 4 is 5.91 Å². The summed E-state index contributed by atoms with van der Waals surface area (Å²) in [7, 11) is 1.93. The third kappa shape index (κ3) is 3.99. The summed E-state index contributed by atoms with van der Waals surface area (Å²) in [6.45, 7) is 0.543. The van der Waals surface area contributed by atoms with Crippen LogP contribution in [0.3, 0.4) is 0 Å². The number of aliphatic hydroxyl groups is 1. The fraction of sp³-hybridized carbons (Fsp3) is 0.706. The summed E-state index contributed by atoms with van der Waals surface area (Å²) in [5.41, 5.74) is 1.26. The maximum atomic E-state index is 12.1. The molecule has 3 atom stereocenters. The lowest BCUT2D eigenvalue weighted by molar-refractivity contribution is -0.120. The van der Waals surface area contributed by atoms with Crippen molar-refractivity contribution in [2.24, 2.45) is 13.0 Å². The molecule has 2 aliphatic carbocycles. The minimum absolute atomic E-state index is 0.0764. The van der Waals surface area contributed by atoms with E-state index in [0.29, 0.717) is 19.4 Å². The summed E-state index contributed by atoms with van der Waals surface area (Å²) in [6.07, 6.45) is 10.1. The minimum Gasteiger partial charge on any atom is -0.393 e. The van der Waals surface area contributed by atoms with Gasteiger partial charge in [-0.1, -0.05) is 11.6 Å². The van der Waals surface area contributed by atoms with E-state index in [1.54, 1.807) is 6.33 Å². The Bertz CT molecular complexity index is 581. The molecule has 2 N–H and O–H groups in total. The SMILES string of the molecule is Cn1cnnc1[C@H]1C[C@H](CNC(=O)CC2=CCCCC2)[C@H](O)C1. The maximum Gasteiger partial charge on any atom is 0.224 e. The molecule has 2 aliphatic rings. The van der Waals surface area contributed by atoms with Crippen LogP contribution in [0.15, 0.2) is 18.0 Å². The van der Waals surface area contributed by atoms with Crippen molar-refractivity contribution < 1.29 is 9.90 Å². The van der Waals surface area contributed by atoms with E-state index in [2.05, 4.69) is 21.6 Å². The van der Waals surface area contributed by atoms with Gasteiger partial charge >= 0.3 is 0 Å². The molecule has 0 bridgehead atoms. The first kappa shape index (κ1) is 16.2. The lowest BCUT2D eigenvalue weighted by Crippen LogP contribution is -2.32. The quantitative estimate of drug-likeness (QED) is 0.810. The number of rotatable bonds is 5. The van der Waals surface area contributed by atoms with Crippen molar-refractivity contribution in [3.63, 3.8) is 0 Å². The predicted molar refractivity (Wildman–Crippen MR) is 86.7 cm³/mol. The standard InChI is InChI=1S/C17H26N4O2/c1-21-11-19-20-17(21)13-8-14(15(22)9-13)10-18-16(23)7-12-5-3-2-4-6-12/h5,11,13-15,22H,2-4,6-10H2,1H3,(H,18,23)/t13-,14+,15+/m0/s1. The molecule has 1 fully saturated rings. The zero-order chi connectivity index (χ0) is 16.2. The molecule has 0 aromatic carbocycles.